The summed E-state index contributed by atoms with van der Waals surface area (Å²) in [6, 6.07) is 3.57. The van der Waals surface area contributed by atoms with Gasteiger partial charge in [-0.1, -0.05) is 6.92 Å². The summed E-state index contributed by atoms with van der Waals surface area (Å²) < 4.78 is 1.65. The first-order valence-corrected chi connectivity index (χ1v) is 4.41. The molecule has 3 N–H and O–H groups in total. The number of nitrogens with zero attached hydrogens (tertiary/aromatic N) is 3. The van der Waals surface area contributed by atoms with Crippen molar-refractivity contribution >= 4 is 11.5 Å². The molecule has 0 aliphatic carbocycles. The quantitative estimate of drug-likeness (QED) is 0.535. The fraction of sp³-hybridized carbons (Fsp3) is 0.222. The molecular formula is C9H11N5. The van der Waals surface area contributed by atoms with Gasteiger partial charge in [0.25, 0.3) is 0 Å². The second kappa shape index (κ2) is 3.10. The highest BCUT2D eigenvalue weighted by Crippen LogP contribution is 2.07. The molecule has 0 radical (unpaired) electrons. The molecule has 0 aromatic carbocycles. The van der Waals surface area contributed by atoms with E-state index in [2.05, 4.69) is 10.1 Å². The zero-order valence-electron chi connectivity index (χ0n) is 7.86. The van der Waals surface area contributed by atoms with Crippen molar-refractivity contribution in [1.29, 1.82) is 5.41 Å². The number of aromatic nitrogens is 3. The Bertz CT molecular complexity index is 485. The van der Waals surface area contributed by atoms with Crippen LogP contribution in [0.25, 0.3) is 5.65 Å². The normalized spacial score (nSPS) is 10.6. The van der Waals surface area contributed by atoms with Gasteiger partial charge in [-0.05, 0) is 12.1 Å². The Labute approximate surface area is 81.1 Å². The van der Waals surface area contributed by atoms with Crippen LogP contribution in [-0.2, 0) is 6.42 Å². The Morgan fingerprint density at radius 3 is 3.07 bits per heavy atom. The molecule has 0 bridgehead atoms. The van der Waals surface area contributed by atoms with E-state index in [1.165, 1.54) is 0 Å². The van der Waals surface area contributed by atoms with Gasteiger partial charge >= 0.3 is 0 Å². The van der Waals surface area contributed by atoms with Gasteiger partial charge in [0.15, 0.2) is 11.5 Å². The van der Waals surface area contributed by atoms with E-state index in [1.54, 1.807) is 22.8 Å². The second-order valence-corrected chi connectivity index (χ2v) is 2.99. The summed E-state index contributed by atoms with van der Waals surface area (Å²) >= 11 is 0. The predicted octanol–water partition coefficient (Wildman–Crippen LogP) is 0.576. The Kier molecular flexibility index (Phi) is 1.92. The van der Waals surface area contributed by atoms with Crippen molar-refractivity contribution in [3.8, 4) is 0 Å². The maximum absolute atomic E-state index is 7.38. The van der Waals surface area contributed by atoms with Gasteiger partial charge in [-0.3, -0.25) is 5.41 Å². The molecule has 2 aromatic rings. The molecule has 0 atom stereocenters. The first-order valence-electron chi connectivity index (χ1n) is 4.41. The monoisotopic (exact) mass is 189 g/mol. The van der Waals surface area contributed by atoms with E-state index in [4.69, 9.17) is 11.1 Å². The number of hydrogen-bond acceptors (Lipinski definition) is 3. The van der Waals surface area contributed by atoms with E-state index in [0.29, 0.717) is 11.2 Å². The third-order valence-corrected chi connectivity index (χ3v) is 2.01. The van der Waals surface area contributed by atoms with Crippen LogP contribution in [0, 0.1) is 5.41 Å². The van der Waals surface area contributed by atoms with Crippen LogP contribution in [0.15, 0.2) is 18.3 Å². The van der Waals surface area contributed by atoms with Crippen LogP contribution >= 0.6 is 0 Å². The molecule has 5 heteroatoms. The smallest absolute Gasteiger partial charge is 0.166 e. The number of pyridine rings is 1. The van der Waals surface area contributed by atoms with Gasteiger partial charge in [0.2, 0.25) is 0 Å². The molecule has 5 nitrogen and oxygen atoms in total. The van der Waals surface area contributed by atoms with E-state index in [-0.39, 0.29) is 5.84 Å². The van der Waals surface area contributed by atoms with Gasteiger partial charge < -0.3 is 5.73 Å². The van der Waals surface area contributed by atoms with E-state index in [9.17, 15) is 0 Å². The lowest BCUT2D eigenvalue weighted by Crippen LogP contribution is -2.12. The van der Waals surface area contributed by atoms with Crippen molar-refractivity contribution in [2.24, 2.45) is 5.73 Å². The minimum absolute atomic E-state index is 0.0191. The molecule has 2 heterocycles. The molecular weight excluding hydrogens is 178 g/mol. The summed E-state index contributed by atoms with van der Waals surface area (Å²) in [4.78, 5) is 4.28. The third kappa shape index (κ3) is 1.22. The van der Waals surface area contributed by atoms with Gasteiger partial charge in [0, 0.05) is 12.6 Å². The van der Waals surface area contributed by atoms with Gasteiger partial charge in [0.1, 0.15) is 5.84 Å². The summed E-state index contributed by atoms with van der Waals surface area (Å²) in [7, 11) is 0. The van der Waals surface area contributed by atoms with E-state index < -0.39 is 0 Å². The Hall–Kier alpha value is -1.91. The van der Waals surface area contributed by atoms with Crippen LogP contribution in [0.2, 0.25) is 0 Å². The topological polar surface area (TPSA) is 80.1 Å². The number of hydrogen-bond donors (Lipinski definition) is 2. The second-order valence-electron chi connectivity index (χ2n) is 2.99. The number of fused-ring (bicyclic) bond motifs is 1. The van der Waals surface area contributed by atoms with Crippen molar-refractivity contribution in [3.63, 3.8) is 0 Å². The average Bonchev–Trinajstić information content (AvgIpc) is 2.59. The molecule has 14 heavy (non-hydrogen) atoms. The lowest BCUT2D eigenvalue weighted by atomic mass is 10.2. The minimum Gasteiger partial charge on any atom is -0.384 e. The molecule has 0 fully saturated rings. The van der Waals surface area contributed by atoms with Crippen molar-refractivity contribution in [2.45, 2.75) is 13.3 Å². The fourth-order valence-electron chi connectivity index (χ4n) is 1.31. The first kappa shape index (κ1) is 8.68. The van der Waals surface area contributed by atoms with Crippen molar-refractivity contribution in [1.82, 2.24) is 14.6 Å². The van der Waals surface area contributed by atoms with Crippen LogP contribution in [0.1, 0.15) is 18.3 Å². The number of aryl methyl sites for hydroxylation is 1. The molecule has 72 valence electrons. The fourth-order valence-corrected chi connectivity index (χ4v) is 1.31. The van der Waals surface area contributed by atoms with Crippen LogP contribution in [0.5, 0.6) is 0 Å². The molecule has 2 rings (SSSR count). The maximum atomic E-state index is 7.38. The number of amidine groups is 1. The standard InChI is InChI=1S/C9H11N5/c1-2-7-12-9-6(8(10)11)4-3-5-14(9)13-7/h3-5H,2H2,1H3,(H3,10,11). The van der Waals surface area contributed by atoms with Crippen LogP contribution in [0.3, 0.4) is 0 Å². The van der Waals surface area contributed by atoms with Gasteiger partial charge in [-0.15, -0.1) is 0 Å². The maximum Gasteiger partial charge on any atom is 0.166 e. The molecule has 0 aliphatic heterocycles. The lowest BCUT2D eigenvalue weighted by molar-refractivity contribution is 0.885. The highest BCUT2D eigenvalue weighted by atomic mass is 15.3. The first-order chi connectivity index (χ1) is 6.72. The van der Waals surface area contributed by atoms with Crippen LogP contribution in [-0.4, -0.2) is 20.4 Å². The average molecular weight is 189 g/mol. The largest absolute Gasteiger partial charge is 0.384 e. The predicted molar refractivity (Wildman–Crippen MR) is 53.4 cm³/mol. The van der Waals surface area contributed by atoms with Crippen molar-refractivity contribution in [3.05, 3.63) is 29.7 Å². The summed E-state index contributed by atoms with van der Waals surface area (Å²) in [6.45, 7) is 1.99. The third-order valence-electron chi connectivity index (χ3n) is 2.01. The molecule has 0 amide bonds. The van der Waals surface area contributed by atoms with Crippen LogP contribution < -0.4 is 5.73 Å². The lowest BCUT2D eigenvalue weighted by Gasteiger charge is -1.98. The number of nitrogens with one attached hydrogen (secondary N) is 1. The molecule has 2 aromatic heterocycles. The summed E-state index contributed by atoms with van der Waals surface area (Å²) in [5.41, 5.74) is 6.71. The number of nitrogen functional groups attached to an aromatic ring is 1. The minimum atomic E-state index is 0.0191. The highest BCUT2D eigenvalue weighted by Gasteiger charge is 2.07. The summed E-state index contributed by atoms with van der Waals surface area (Å²) in [5, 5.41) is 11.6. The molecule has 0 unspecified atom stereocenters. The molecule has 0 spiro atoms. The SMILES string of the molecule is CCc1nc2c(C(=N)N)cccn2n1. The highest BCUT2D eigenvalue weighted by molar-refractivity contribution is 6.00. The van der Waals surface area contributed by atoms with Gasteiger partial charge in [-0.25, -0.2) is 9.50 Å². The number of nitrogens with two attached hydrogens (primary N) is 1. The van der Waals surface area contributed by atoms with Gasteiger partial charge in [0.05, 0.1) is 5.56 Å². The Balaban J connectivity index is 2.73. The van der Waals surface area contributed by atoms with Crippen LogP contribution in [0.4, 0.5) is 0 Å². The summed E-state index contributed by atoms with van der Waals surface area (Å²) in [5.74, 6) is 0.782. The Morgan fingerprint density at radius 2 is 2.43 bits per heavy atom. The zero-order chi connectivity index (χ0) is 10.1. The van der Waals surface area contributed by atoms with Crippen molar-refractivity contribution in [2.75, 3.05) is 0 Å². The van der Waals surface area contributed by atoms with Crippen molar-refractivity contribution < 1.29 is 0 Å². The number of rotatable bonds is 2. The summed E-state index contributed by atoms with van der Waals surface area (Å²) in [6.07, 6.45) is 2.58. The molecule has 0 saturated carbocycles. The Morgan fingerprint density at radius 1 is 1.64 bits per heavy atom. The molecule has 0 saturated heterocycles. The molecule has 0 aliphatic rings. The van der Waals surface area contributed by atoms with Gasteiger partial charge in [-0.2, -0.15) is 5.10 Å². The van der Waals surface area contributed by atoms with E-state index >= 15 is 0 Å². The zero-order valence-corrected chi connectivity index (χ0v) is 7.86. The van der Waals surface area contributed by atoms with E-state index in [1.807, 2.05) is 6.92 Å². The van der Waals surface area contributed by atoms with E-state index in [0.717, 1.165) is 12.2 Å².